The Morgan fingerprint density at radius 2 is 0.426 bits per heavy atom. The van der Waals surface area contributed by atoms with E-state index < -0.39 is 0 Å². The molecular formula is C48H48O6. The van der Waals surface area contributed by atoms with Gasteiger partial charge >= 0.3 is 0 Å². The zero-order valence-corrected chi connectivity index (χ0v) is 31.1. The first-order valence-corrected chi connectivity index (χ1v) is 18.5. The molecule has 4 aromatic rings. The van der Waals surface area contributed by atoms with E-state index >= 15 is 0 Å². The molecule has 0 saturated carbocycles. The summed E-state index contributed by atoms with van der Waals surface area (Å²) in [5.74, 6) is 19.7. The fourth-order valence-electron chi connectivity index (χ4n) is 5.83. The number of hydrogen-bond acceptors (Lipinski definition) is 6. The van der Waals surface area contributed by atoms with Crippen LogP contribution in [0, 0.1) is 74.1 Å². The highest BCUT2D eigenvalue weighted by Gasteiger charge is 2.20. The van der Waals surface area contributed by atoms with Gasteiger partial charge in [0.2, 0.25) is 0 Å². The molecule has 54 heavy (non-hydrogen) atoms. The summed E-state index contributed by atoms with van der Waals surface area (Å²) < 4.78 is 38.1. The Labute approximate surface area is 321 Å². The fourth-order valence-corrected chi connectivity index (χ4v) is 5.83. The first kappa shape index (κ1) is 40.6. The Balaban J connectivity index is 2.03. The van der Waals surface area contributed by atoms with Gasteiger partial charge in [-0.25, -0.2) is 0 Å². The maximum Gasteiger partial charge on any atom is 0.161 e. The number of ether oxygens (including phenoxy) is 6. The maximum atomic E-state index is 6.34. The van der Waals surface area contributed by atoms with Crippen LogP contribution in [0.4, 0.5) is 0 Å². The average Bonchev–Trinajstić information content (AvgIpc) is 3.19. The van der Waals surface area contributed by atoms with Crippen molar-refractivity contribution in [1.82, 2.24) is 0 Å². The number of fused-ring (bicyclic) bond motifs is 6. The standard InChI is InChI=1S/C48H48O6/c1-7-13-19-25-49-43-31-37-38(32-44(43)50-26-20-14-8-2)40-34-46(52-28-22-16-10-4)48(54-30-24-18-12-6)36-42(40)41-35-47(53-29-23-17-11-5)45(33-39(37)41)51-27-21-15-9-3/h1-6,31-36H,13-30H2. The molecule has 0 bridgehead atoms. The average molecular weight is 721 g/mol. The second kappa shape index (κ2) is 22.7. The lowest BCUT2D eigenvalue weighted by molar-refractivity contribution is 0.265. The summed E-state index contributed by atoms with van der Waals surface area (Å²) in [5.41, 5.74) is 0. The lowest BCUT2D eigenvalue weighted by atomic mass is 9.93. The molecule has 4 rings (SSSR count). The van der Waals surface area contributed by atoms with Crippen molar-refractivity contribution in [3.05, 3.63) is 36.4 Å². The lowest BCUT2D eigenvalue weighted by Gasteiger charge is -2.20. The third kappa shape index (κ3) is 11.4. The van der Waals surface area contributed by atoms with Gasteiger partial charge in [-0.2, -0.15) is 0 Å². The summed E-state index contributed by atoms with van der Waals surface area (Å²) in [4.78, 5) is 0. The molecule has 6 heteroatoms. The normalized spacial score (nSPS) is 10.3. The summed E-state index contributed by atoms with van der Waals surface area (Å²) in [5, 5.41) is 5.55. The maximum absolute atomic E-state index is 6.34. The number of benzene rings is 4. The molecule has 0 aliphatic heterocycles. The van der Waals surface area contributed by atoms with E-state index in [0.717, 1.165) is 32.3 Å². The van der Waals surface area contributed by atoms with E-state index in [9.17, 15) is 0 Å². The predicted octanol–water partition coefficient (Wildman–Crippen LogP) is 9.90. The largest absolute Gasteiger partial charge is 0.490 e. The Morgan fingerprint density at radius 3 is 0.556 bits per heavy atom. The van der Waals surface area contributed by atoms with Crippen LogP contribution in [-0.2, 0) is 0 Å². The van der Waals surface area contributed by atoms with Gasteiger partial charge in [0.25, 0.3) is 0 Å². The molecule has 0 amide bonds. The second-order valence-electron chi connectivity index (χ2n) is 12.5. The summed E-state index contributed by atoms with van der Waals surface area (Å²) in [7, 11) is 0. The SMILES string of the molecule is C#CCCCOc1cc2c3cc(OCCCC#C)c(OCCCC#C)cc3c3cc(OCCCC#C)c(OCCCC#C)cc3c2cc1OCCCC#C. The third-order valence-corrected chi connectivity index (χ3v) is 8.46. The Hall–Kier alpha value is -6.18. The summed E-state index contributed by atoms with van der Waals surface area (Å²) in [6.45, 7) is 2.57. The molecular weight excluding hydrogens is 673 g/mol. The van der Waals surface area contributed by atoms with Crippen LogP contribution in [-0.4, -0.2) is 39.6 Å². The molecule has 0 spiro atoms. The summed E-state index contributed by atoms with van der Waals surface area (Å²) >= 11 is 0. The molecule has 0 unspecified atom stereocenters. The molecule has 0 radical (unpaired) electrons. The quantitative estimate of drug-likeness (QED) is 0.0408. The lowest BCUT2D eigenvalue weighted by Crippen LogP contribution is -2.05. The van der Waals surface area contributed by atoms with Gasteiger partial charge in [-0.3, -0.25) is 0 Å². The number of unbranched alkanes of at least 4 members (excludes halogenated alkanes) is 6. The highest BCUT2D eigenvalue weighted by atomic mass is 16.5. The molecule has 0 atom stereocenters. The fraction of sp³-hybridized carbons (Fsp3) is 0.375. The van der Waals surface area contributed by atoms with Crippen molar-refractivity contribution in [3.8, 4) is 109 Å². The predicted molar refractivity (Wildman–Crippen MR) is 220 cm³/mol. The third-order valence-electron chi connectivity index (χ3n) is 8.46. The van der Waals surface area contributed by atoms with Crippen LogP contribution in [0.3, 0.4) is 0 Å². The van der Waals surface area contributed by atoms with Gasteiger partial charge in [-0.15, -0.1) is 74.1 Å². The second-order valence-corrected chi connectivity index (χ2v) is 12.5. The first-order valence-electron chi connectivity index (χ1n) is 18.5. The molecule has 0 aliphatic carbocycles. The Kier molecular flexibility index (Phi) is 17.1. The zero-order chi connectivity index (χ0) is 38.4. The van der Waals surface area contributed by atoms with Crippen molar-refractivity contribution >= 4 is 32.3 Å². The van der Waals surface area contributed by atoms with E-state index in [0.29, 0.717) is 151 Å². The van der Waals surface area contributed by atoms with Gasteiger partial charge in [0.1, 0.15) is 0 Å². The van der Waals surface area contributed by atoms with E-state index in [2.05, 4.69) is 35.5 Å². The van der Waals surface area contributed by atoms with Crippen LogP contribution >= 0.6 is 0 Å². The van der Waals surface area contributed by atoms with E-state index in [1.54, 1.807) is 0 Å². The van der Waals surface area contributed by atoms with Crippen molar-refractivity contribution < 1.29 is 28.4 Å². The minimum atomic E-state index is 0.428. The van der Waals surface area contributed by atoms with E-state index in [1.165, 1.54) is 0 Å². The van der Waals surface area contributed by atoms with Gasteiger partial charge in [-0.05, 0) is 107 Å². The minimum absolute atomic E-state index is 0.428. The van der Waals surface area contributed by atoms with Crippen molar-refractivity contribution in [2.24, 2.45) is 0 Å². The Bertz CT molecular complexity index is 1700. The topological polar surface area (TPSA) is 55.4 Å². The van der Waals surface area contributed by atoms with E-state index in [1.807, 2.05) is 36.4 Å². The smallest absolute Gasteiger partial charge is 0.161 e. The summed E-state index contributed by atoms with van der Waals surface area (Å²) in [6, 6.07) is 12.1. The van der Waals surface area contributed by atoms with Gasteiger partial charge in [0.05, 0.1) is 39.6 Å². The number of terminal acetylenes is 6. The highest BCUT2D eigenvalue weighted by Crippen LogP contribution is 2.47. The van der Waals surface area contributed by atoms with Crippen LogP contribution in [0.25, 0.3) is 32.3 Å². The van der Waals surface area contributed by atoms with Crippen LogP contribution in [0.1, 0.15) is 77.0 Å². The molecule has 6 nitrogen and oxygen atoms in total. The molecule has 0 fully saturated rings. The highest BCUT2D eigenvalue weighted by molar-refractivity contribution is 6.26. The van der Waals surface area contributed by atoms with Crippen LogP contribution in [0.15, 0.2) is 36.4 Å². The van der Waals surface area contributed by atoms with Crippen LogP contribution in [0.5, 0.6) is 34.5 Å². The monoisotopic (exact) mass is 720 g/mol. The van der Waals surface area contributed by atoms with Gasteiger partial charge in [0, 0.05) is 38.5 Å². The van der Waals surface area contributed by atoms with E-state index in [4.69, 9.17) is 67.0 Å². The van der Waals surface area contributed by atoms with E-state index in [-0.39, 0.29) is 0 Å². The first-order chi connectivity index (χ1) is 26.6. The van der Waals surface area contributed by atoms with Gasteiger partial charge in [-0.1, -0.05) is 0 Å². The molecule has 0 saturated heterocycles. The van der Waals surface area contributed by atoms with Crippen molar-refractivity contribution in [3.63, 3.8) is 0 Å². The van der Waals surface area contributed by atoms with Gasteiger partial charge < -0.3 is 28.4 Å². The Morgan fingerprint density at radius 1 is 0.278 bits per heavy atom. The van der Waals surface area contributed by atoms with Crippen molar-refractivity contribution in [2.45, 2.75) is 77.0 Å². The minimum Gasteiger partial charge on any atom is -0.490 e. The molecule has 276 valence electrons. The number of hydrogen-bond donors (Lipinski definition) is 0. The van der Waals surface area contributed by atoms with Crippen molar-refractivity contribution in [2.75, 3.05) is 39.6 Å². The van der Waals surface area contributed by atoms with Crippen molar-refractivity contribution in [1.29, 1.82) is 0 Å². The summed E-state index contributed by atoms with van der Waals surface area (Å²) in [6.07, 6.45) is 41.0. The molecule has 0 aliphatic rings. The molecule has 0 N–H and O–H groups in total. The van der Waals surface area contributed by atoms with Crippen LogP contribution < -0.4 is 28.4 Å². The molecule has 4 aromatic carbocycles. The van der Waals surface area contributed by atoms with Crippen LogP contribution in [0.2, 0.25) is 0 Å². The zero-order valence-electron chi connectivity index (χ0n) is 31.1. The molecule has 0 aromatic heterocycles. The number of rotatable bonds is 24. The molecule has 0 heterocycles. The van der Waals surface area contributed by atoms with Gasteiger partial charge in [0.15, 0.2) is 34.5 Å².